The van der Waals surface area contributed by atoms with Crippen molar-refractivity contribution in [1.82, 2.24) is 5.32 Å². The number of hydrogen-bond donors (Lipinski definition) is 2. The van der Waals surface area contributed by atoms with Gasteiger partial charge in [0.15, 0.2) is 0 Å². The van der Waals surface area contributed by atoms with E-state index in [9.17, 15) is 14.1 Å². The molecule has 0 heterocycles. The van der Waals surface area contributed by atoms with Crippen molar-refractivity contribution in [3.63, 3.8) is 0 Å². The van der Waals surface area contributed by atoms with Crippen LogP contribution in [0.25, 0.3) is 0 Å². The van der Waals surface area contributed by atoms with E-state index >= 15 is 0 Å². The number of aliphatic hydroxyl groups is 1. The number of carbonyl (C=O) groups excluding carboxylic acids is 1. The average molecular weight is 309 g/mol. The number of benzene rings is 1. The summed E-state index contributed by atoms with van der Waals surface area (Å²) in [6, 6.07) is 6.83. The van der Waals surface area contributed by atoms with Crippen molar-refractivity contribution in [2.75, 3.05) is 6.54 Å². The highest BCUT2D eigenvalue weighted by molar-refractivity contribution is 7.85. The molecule has 0 spiro atoms. The van der Waals surface area contributed by atoms with Gasteiger partial charge < -0.3 is 10.4 Å². The van der Waals surface area contributed by atoms with E-state index in [-0.39, 0.29) is 11.2 Å². The maximum absolute atomic E-state index is 12.1. The molecule has 1 saturated carbocycles. The number of nitrogens with one attached hydrogen (secondary N) is 1. The van der Waals surface area contributed by atoms with Gasteiger partial charge in [0.2, 0.25) is 0 Å². The lowest BCUT2D eigenvalue weighted by molar-refractivity contribution is 0.0449. The molecule has 1 fully saturated rings. The minimum atomic E-state index is -1.04. The molecule has 2 N–H and O–H groups in total. The van der Waals surface area contributed by atoms with Crippen molar-refractivity contribution in [3.05, 3.63) is 29.8 Å². The van der Waals surface area contributed by atoms with E-state index in [0.29, 0.717) is 12.1 Å². The standard InChI is InChI=1S/C16H23NO3S/c1-12(2)21(20)14-7-5-13(6-8-14)15(18)17-11-16(19)9-3-4-10-16/h5-8,12,19H,3-4,9-11H2,1-2H3,(H,17,18). The Hall–Kier alpha value is -1.20. The smallest absolute Gasteiger partial charge is 0.251 e. The highest BCUT2D eigenvalue weighted by Crippen LogP contribution is 2.28. The predicted molar refractivity (Wildman–Crippen MR) is 83.7 cm³/mol. The highest BCUT2D eigenvalue weighted by Gasteiger charge is 2.31. The average Bonchev–Trinajstić information content (AvgIpc) is 2.91. The summed E-state index contributed by atoms with van der Waals surface area (Å²) in [7, 11) is -1.04. The fraction of sp³-hybridized carbons (Fsp3) is 0.562. The summed E-state index contributed by atoms with van der Waals surface area (Å²) < 4.78 is 11.9. The Labute approximate surface area is 128 Å². The second-order valence-corrected chi connectivity index (χ2v) is 7.99. The van der Waals surface area contributed by atoms with Gasteiger partial charge >= 0.3 is 0 Å². The zero-order chi connectivity index (χ0) is 15.5. The van der Waals surface area contributed by atoms with Crippen molar-refractivity contribution < 1.29 is 14.1 Å². The van der Waals surface area contributed by atoms with E-state index in [2.05, 4.69) is 5.32 Å². The minimum Gasteiger partial charge on any atom is -0.388 e. The lowest BCUT2D eigenvalue weighted by atomic mass is 10.0. The van der Waals surface area contributed by atoms with Crippen LogP contribution in [0.3, 0.4) is 0 Å². The molecule has 0 aliphatic heterocycles. The predicted octanol–water partition coefficient (Wildman–Crippen LogP) is 2.24. The zero-order valence-electron chi connectivity index (χ0n) is 12.6. The third-order valence-electron chi connectivity index (χ3n) is 3.89. The molecular weight excluding hydrogens is 286 g/mol. The second kappa shape index (κ2) is 6.71. The Balaban J connectivity index is 1.95. The van der Waals surface area contributed by atoms with Gasteiger partial charge in [-0.25, -0.2) is 0 Å². The van der Waals surface area contributed by atoms with Gasteiger partial charge in [0.1, 0.15) is 0 Å². The summed E-state index contributed by atoms with van der Waals surface area (Å²) in [5, 5.41) is 13.1. The molecule has 1 aliphatic carbocycles. The first-order valence-corrected chi connectivity index (χ1v) is 8.64. The molecule has 116 valence electrons. The van der Waals surface area contributed by atoms with Crippen LogP contribution >= 0.6 is 0 Å². The molecule has 5 heteroatoms. The van der Waals surface area contributed by atoms with Gasteiger partial charge in [0, 0.05) is 22.3 Å². The number of carbonyl (C=O) groups is 1. The topological polar surface area (TPSA) is 66.4 Å². The van der Waals surface area contributed by atoms with Crippen LogP contribution in [0.1, 0.15) is 49.9 Å². The Morgan fingerprint density at radius 3 is 2.38 bits per heavy atom. The van der Waals surface area contributed by atoms with Gasteiger partial charge in [-0.2, -0.15) is 0 Å². The summed E-state index contributed by atoms with van der Waals surface area (Å²) in [6.45, 7) is 4.10. The van der Waals surface area contributed by atoms with Crippen molar-refractivity contribution >= 4 is 16.7 Å². The van der Waals surface area contributed by atoms with Crippen molar-refractivity contribution in [2.24, 2.45) is 0 Å². The Bertz CT molecular complexity index is 519. The third-order valence-corrected chi connectivity index (χ3v) is 5.48. The summed E-state index contributed by atoms with van der Waals surface area (Å²) >= 11 is 0. The Morgan fingerprint density at radius 2 is 1.86 bits per heavy atom. The lowest BCUT2D eigenvalue weighted by Gasteiger charge is -2.22. The van der Waals surface area contributed by atoms with Crippen LogP contribution in [0.2, 0.25) is 0 Å². The third kappa shape index (κ3) is 4.14. The highest BCUT2D eigenvalue weighted by atomic mass is 32.2. The monoisotopic (exact) mass is 309 g/mol. The van der Waals surface area contributed by atoms with Crippen molar-refractivity contribution in [1.29, 1.82) is 0 Å². The van der Waals surface area contributed by atoms with Crippen molar-refractivity contribution in [3.8, 4) is 0 Å². The van der Waals surface area contributed by atoms with Gasteiger partial charge in [-0.1, -0.05) is 26.7 Å². The molecular formula is C16H23NO3S. The molecule has 0 radical (unpaired) electrons. The minimum absolute atomic E-state index is 0.0568. The summed E-state index contributed by atoms with van der Waals surface area (Å²) in [4.78, 5) is 12.8. The lowest BCUT2D eigenvalue weighted by Crippen LogP contribution is -2.40. The number of amides is 1. The van der Waals surface area contributed by atoms with Gasteiger partial charge in [0.25, 0.3) is 5.91 Å². The van der Waals surface area contributed by atoms with Crippen LogP contribution in [-0.2, 0) is 10.8 Å². The molecule has 0 saturated heterocycles. The fourth-order valence-corrected chi connectivity index (χ4v) is 3.52. The first kappa shape index (κ1) is 16.2. The maximum atomic E-state index is 12.1. The molecule has 21 heavy (non-hydrogen) atoms. The first-order chi connectivity index (χ1) is 9.91. The largest absolute Gasteiger partial charge is 0.388 e. The molecule has 1 aromatic rings. The van der Waals surface area contributed by atoms with Gasteiger partial charge in [-0.05, 0) is 37.1 Å². The van der Waals surface area contributed by atoms with Crippen LogP contribution in [0.15, 0.2) is 29.2 Å². The van der Waals surface area contributed by atoms with E-state index in [4.69, 9.17) is 0 Å². The van der Waals surface area contributed by atoms with E-state index in [1.54, 1.807) is 24.3 Å². The molecule has 4 nitrogen and oxygen atoms in total. The molecule has 1 atom stereocenters. The quantitative estimate of drug-likeness (QED) is 0.876. The summed E-state index contributed by atoms with van der Waals surface area (Å²) in [6.07, 6.45) is 3.53. The summed E-state index contributed by atoms with van der Waals surface area (Å²) in [5.74, 6) is -0.197. The summed E-state index contributed by atoms with van der Waals surface area (Å²) in [5.41, 5.74) is -0.213. The maximum Gasteiger partial charge on any atom is 0.251 e. The van der Waals surface area contributed by atoms with Crippen molar-refractivity contribution in [2.45, 2.75) is 55.3 Å². The molecule has 0 aromatic heterocycles. The van der Waals surface area contributed by atoms with Crippen LogP contribution in [0.5, 0.6) is 0 Å². The Kier molecular flexibility index (Phi) is 5.17. The van der Waals surface area contributed by atoms with E-state index in [1.807, 2.05) is 13.8 Å². The van der Waals surface area contributed by atoms with Gasteiger partial charge in [-0.3, -0.25) is 9.00 Å². The molecule has 1 unspecified atom stereocenters. The zero-order valence-corrected chi connectivity index (χ0v) is 13.4. The Morgan fingerprint density at radius 1 is 1.29 bits per heavy atom. The molecule has 1 aromatic carbocycles. The van der Waals surface area contributed by atoms with E-state index < -0.39 is 16.4 Å². The first-order valence-electron chi connectivity index (χ1n) is 7.42. The van der Waals surface area contributed by atoms with Gasteiger partial charge in [0.05, 0.1) is 16.4 Å². The number of rotatable bonds is 5. The molecule has 1 amide bonds. The molecule has 1 aliphatic rings. The van der Waals surface area contributed by atoms with Gasteiger partial charge in [-0.15, -0.1) is 0 Å². The fourth-order valence-electron chi connectivity index (χ4n) is 2.57. The normalized spacial score (nSPS) is 18.7. The molecule has 2 rings (SSSR count). The number of hydrogen-bond acceptors (Lipinski definition) is 3. The molecule has 0 bridgehead atoms. The van der Waals surface area contributed by atoms with Crippen LogP contribution in [0.4, 0.5) is 0 Å². The van der Waals surface area contributed by atoms with E-state index in [0.717, 1.165) is 30.6 Å². The second-order valence-electron chi connectivity index (χ2n) is 5.98. The van der Waals surface area contributed by atoms with E-state index in [1.165, 1.54) is 0 Å². The SMILES string of the molecule is CC(C)S(=O)c1ccc(C(=O)NCC2(O)CCCC2)cc1. The van der Waals surface area contributed by atoms with Crippen LogP contribution < -0.4 is 5.32 Å². The van der Waals surface area contributed by atoms with Crippen LogP contribution in [-0.4, -0.2) is 32.6 Å². The van der Waals surface area contributed by atoms with Crippen LogP contribution in [0, 0.1) is 0 Å².